The SMILES string of the molecule is CCCCC(NC(=O)C(Cc1cn(COC)c2ccccc12)NC(=O)C(CC(C)(C)C)NC(=O)N1C(C)CCCC1C)C(=O)O. The van der Waals surface area contributed by atoms with E-state index in [4.69, 9.17) is 4.74 Å². The van der Waals surface area contributed by atoms with Crippen molar-refractivity contribution in [3.63, 3.8) is 0 Å². The number of carboxylic acids is 1. The smallest absolute Gasteiger partial charge is 0.326 e. The fourth-order valence-electron chi connectivity index (χ4n) is 6.24. The van der Waals surface area contributed by atoms with Crippen molar-refractivity contribution in [2.24, 2.45) is 5.41 Å². The second kappa shape index (κ2) is 16.1. The molecule has 4 N–H and O–H groups in total. The van der Waals surface area contributed by atoms with Crippen molar-refractivity contribution < 1.29 is 29.0 Å². The third kappa shape index (κ3) is 9.94. The number of unbranched alkanes of at least 4 members (excludes halogenated alkanes) is 1. The molecule has 0 radical (unpaired) electrons. The van der Waals surface area contributed by atoms with Crippen molar-refractivity contribution in [2.45, 2.75) is 130 Å². The highest BCUT2D eigenvalue weighted by Gasteiger charge is 2.35. The van der Waals surface area contributed by atoms with Crippen LogP contribution in [0.4, 0.5) is 4.79 Å². The monoisotopic (exact) mass is 627 g/mol. The van der Waals surface area contributed by atoms with Gasteiger partial charge in [0.05, 0.1) is 5.52 Å². The summed E-state index contributed by atoms with van der Waals surface area (Å²) < 4.78 is 7.29. The normalized spacial score (nSPS) is 19.0. The lowest BCUT2D eigenvalue weighted by atomic mass is 9.87. The maximum absolute atomic E-state index is 14.0. The number of methoxy groups -OCH3 is 1. The van der Waals surface area contributed by atoms with Crippen LogP contribution < -0.4 is 16.0 Å². The van der Waals surface area contributed by atoms with Crippen LogP contribution in [0.1, 0.15) is 92.1 Å². The van der Waals surface area contributed by atoms with E-state index < -0.39 is 35.9 Å². The number of ether oxygens (including phenoxy) is 1. The van der Waals surface area contributed by atoms with Crippen molar-refractivity contribution >= 4 is 34.7 Å². The molecule has 1 aromatic carbocycles. The Balaban J connectivity index is 1.94. The summed E-state index contributed by atoms with van der Waals surface area (Å²) in [5.74, 6) is -2.20. The number of carboxylic acid groups (broad SMARTS) is 1. The number of nitrogens with one attached hydrogen (secondary N) is 3. The molecule has 0 spiro atoms. The standard InChI is InChI=1S/C34H53N5O6/c1-8-9-16-26(32(42)43)35-30(40)27(18-24-20-38(21-45-7)29-17-11-10-15-25(24)29)36-31(41)28(19-34(4,5)6)37-33(44)39-22(2)13-12-14-23(39)3/h10-11,15,17,20,22-23,26-28H,8-9,12-14,16,18-19,21H2,1-7H3,(H,35,40)(H,36,41)(H,37,44)(H,42,43). The van der Waals surface area contributed by atoms with Gasteiger partial charge in [-0.2, -0.15) is 0 Å². The minimum absolute atomic E-state index is 0.0473. The molecular formula is C34H53N5O6. The summed E-state index contributed by atoms with van der Waals surface area (Å²) in [4.78, 5) is 55.1. The molecule has 0 bridgehead atoms. The van der Waals surface area contributed by atoms with Crippen LogP contribution in [0.15, 0.2) is 30.5 Å². The van der Waals surface area contributed by atoms with Crippen molar-refractivity contribution in [3.05, 3.63) is 36.0 Å². The van der Waals surface area contributed by atoms with Crippen LogP contribution in [0.25, 0.3) is 10.9 Å². The third-order valence-corrected chi connectivity index (χ3v) is 8.52. The molecule has 0 saturated carbocycles. The summed E-state index contributed by atoms with van der Waals surface area (Å²) in [6.45, 7) is 12.3. The molecule has 3 rings (SSSR count). The van der Waals surface area contributed by atoms with Crippen LogP contribution >= 0.6 is 0 Å². The van der Waals surface area contributed by atoms with Gasteiger partial charge in [0, 0.05) is 37.2 Å². The Morgan fingerprint density at radius 1 is 0.978 bits per heavy atom. The zero-order chi connectivity index (χ0) is 33.3. The molecule has 1 saturated heterocycles. The van der Waals surface area contributed by atoms with E-state index in [2.05, 4.69) is 16.0 Å². The Labute approximate surface area is 267 Å². The van der Waals surface area contributed by atoms with E-state index in [0.717, 1.165) is 42.1 Å². The lowest BCUT2D eigenvalue weighted by Crippen LogP contribution is -2.60. The Morgan fingerprint density at radius 3 is 2.20 bits per heavy atom. The Kier molecular flexibility index (Phi) is 12.8. The molecule has 5 atom stereocenters. The van der Waals surface area contributed by atoms with Crippen LogP contribution in [0.2, 0.25) is 0 Å². The molecule has 250 valence electrons. The number of para-hydroxylation sites is 1. The van der Waals surface area contributed by atoms with Crippen molar-refractivity contribution in [1.82, 2.24) is 25.4 Å². The minimum atomic E-state index is -1.12. The van der Waals surface area contributed by atoms with E-state index in [1.807, 2.05) is 81.5 Å². The highest BCUT2D eigenvalue weighted by atomic mass is 16.5. The predicted molar refractivity (Wildman–Crippen MR) is 175 cm³/mol. The number of amides is 4. The molecule has 11 heteroatoms. The highest BCUT2D eigenvalue weighted by molar-refractivity contribution is 5.94. The zero-order valence-electron chi connectivity index (χ0n) is 28.0. The maximum Gasteiger partial charge on any atom is 0.326 e. The average Bonchev–Trinajstić information content (AvgIpc) is 3.30. The molecule has 1 aromatic heterocycles. The van der Waals surface area contributed by atoms with Crippen molar-refractivity contribution in [3.8, 4) is 0 Å². The van der Waals surface area contributed by atoms with E-state index in [-0.39, 0.29) is 36.4 Å². The summed E-state index contributed by atoms with van der Waals surface area (Å²) >= 11 is 0. The van der Waals surface area contributed by atoms with Crippen LogP contribution in [-0.2, 0) is 32.3 Å². The number of nitrogens with zero attached hydrogens (tertiary/aromatic N) is 2. The average molecular weight is 628 g/mol. The highest BCUT2D eigenvalue weighted by Crippen LogP contribution is 2.26. The number of aromatic nitrogens is 1. The van der Waals surface area contributed by atoms with Gasteiger partial charge in [-0.1, -0.05) is 58.7 Å². The van der Waals surface area contributed by atoms with Crippen LogP contribution in [-0.4, -0.2) is 75.7 Å². The van der Waals surface area contributed by atoms with Crippen molar-refractivity contribution in [2.75, 3.05) is 7.11 Å². The molecule has 1 fully saturated rings. The number of likely N-dealkylation sites (tertiary alicyclic amines) is 1. The lowest BCUT2D eigenvalue weighted by molar-refractivity contribution is -0.142. The molecule has 1 aliphatic rings. The summed E-state index contributed by atoms with van der Waals surface area (Å²) in [5, 5.41) is 19.3. The summed E-state index contributed by atoms with van der Waals surface area (Å²) in [5.41, 5.74) is 1.40. The van der Waals surface area contributed by atoms with Gasteiger partial charge in [0.15, 0.2) is 0 Å². The molecule has 5 unspecified atom stereocenters. The molecule has 0 aliphatic carbocycles. The van der Waals surface area contributed by atoms with Gasteiger partial charge in [-0.05, 0) is 63.0 Å². The second-order valence-corrected chi connectivity index (χ2v) is 13.7. The number of urea groups is 1. The van der Waals surface area contributed by atoms with E-state index >= 15 is 0 Å². The molecule has 4 amide bonds. The first kappa shape index (κ1) is 35.9. The second-order valence-electron chi connectivity index (χ2n) is 13.7. The summed E-state index contributed by atoms with van der Waals surface area (Å²) in [6.07, 6.45) is 6.88. The number of hydrogen-bond acceptors (Lipinski definition) is 5. The van der Waals surface area contributed by atoms with E-state index in [0.29, 0.717) is 19.6 Å². The topological polar surface area (TPSA) is 142 Å². The number of carbonyl (C=O) groups excluding carboxylic acids is 3. The zero-order valence-corrected chi connectivity index (χ0v) is 28.0. The first-order chi connectivity index (χ1) is 21.2. The molecule has 1 aliphatic heterocycles. The van der Waals surface area contributed by atoms with Gasteiger partial charge >= 0.3 is 12.0 Å². The predicted octanol–water partition coefficient (Wildman–Crippen LogP) is 4.81. The minimum Gasteiger partial charge on any atom is -0.480 e. The number of benzene rings is 1. The number of piperidine rings is 1. The largest absolute Gasteiger partial charge is 0.480 e. The van der Waals surface area contributed by atoms with Gasteiger partial charge in [-0.3, -0.25) is 9.59 Å². The summed E-state index contributed by atoms with van der Waals surface area (Å²) in [6, 6.07) is 4.43. The Morgan fingerprint density at radius 2 is 1.60 bits per heavy atom. The van der Waals surface area contributed by atoms with Gasteiger partial charge in [-0.25, -0.2) is 9.59 Å². The Hall–Kier alpha value is -3.60. The van der Waals surface area contributed by atoms with E-state index in [9.17, 15) is 24.3 Å². The molecule has 45 heavy (non-hydrogen) atoms. The van der Waals surface area contributed by atoms with Gasteiger partial charge in [0.2, 0.25) is 11.8 Å². The number of carbonyl (C=O) groups is 4. The lowest BCUT2D eigenvalue weighted by Gasteiger charge is -2.40. The fraction of sp³-hybridized carbons (Fsp3) is 0.647. The van der Waals surface area contributed by atoms with E-state index in [1.54, 1.807) is 7.11 Å². The first-order valence-electron chi connectivity index (χ1n) is 16.2. The van der Waals surface area contributed by atoms with Crippen LogP contribution in [0, 0.1) is 5.41 Å². The van der Waals surface area contributed by atoms with E-state index in [1.165, 1.54) is 0 Å². The molecule has 2 aromatic rings. The van der Waals surface area contributed by atoms with Crippen molar-refractivity contribution in [1.29, 1.82) is 0 Å². The quantitative estimate of drug-likeness (QED) is 0.237. The van der Waals surface area contributed by atoms with Gasteiger partial charge < -0.3 is 35.3 Å². The van der Waals surface area contributed by atoms with Gasteiger partial charge in [0.25, 0.3) is 0 Å². The van der Waals surface area contributed by atoms with Gasteiger partial charge in [-0.15, -0.1) is 0 Å². The maximum atomic E-state index is 14.0. The molecule has 11 nitrogen and oxygen atoms in total. The first-order valence-corrected chi connectivity index (χ1v) is 16.2. The van der Waals surface area contributed by atoms with Crippen LogP contribution in [0.5, 0.6) is 0 Å². The number of hydrogen-bond donors (Lipinski definition) is 4. The molecule has 2 heterocycles. The number of aliphatic carboxylic acids is 1. The Bertz CT molecular complexity index is 1310. The van der Waals surface area contributed by atoms with Crippen LogP contribution in [0.3, 0.4) is 0 Å². The number of fused-ring (bicyclic) bond motifs is 1. The van der Waals surface area contributed by atoms with Gasteiger partial charge in [0.1, 0.15) is 24.9 Å². The molecular weight excluding hydrogens is 574 g/mol. The number of rotatable bonds is 14. The fourth-order valence-corrected chi connectivity index (χ4v) is 6.24. The third-order valence-electron chi connectivity index (χ3n) is 8.52. The summed E-state index contributed by atoms with van der Waals surface area (Å²) in [7, 11) is 1.60.